The summed E-state index contributed by atoms with van der Waals surface area (Å²) in [6, 6.07) is 10.4. The zero-order valence-electron chi connectivity index (χ0n) is 9.21. The molecule has 1 aromatic carbocycles. The van der Waals surface area contributed by atoms with Crippen LogP contribution >= 0.6 is 54.8 Å². The standard InChI is InChI=1S/C13H11Br2ClS/c1-2-9-4-6-12(17-9)13(16)10-5-3-8(14)7-11(10)15/h3-7,13H,2H2,1H3. The summed E-state index contributed by atoms with van der Waals surface area (Å²) < 4.78 is 2.09. The van der Waals surface area contributed by atoms with E-state index in [0.717, 1.165) is 20.9 Å². The Labute approximate surface area is 127 Å². The number of hydrogen-bond donors (Lipinski definition) is 0. The van der Waals surface area contributed by atoms with E-state index < -0.39 is 0 Å². The highest BCUT2D eigenvalue weighted by atomic mass is 79.9. The minimum absolute atomic E-state index is 0.0808. The molecule has 90 valence electrons. The van der Waals surface area contributed by atoms with Gasteiger partial charge >= 0.3 is 0 Å². The average Bonchev–Trinajstić information content (AvgIpc) is 2.76. The van der Waals surface area contributed by atoms with Crippen molar-refractivity contribution in [1.29, 1.82) is 0 Å². The van der Waals surface area contributed by atoms with Crippen molar-refractivity contribution in [3.8, 4) is 0 Å². The molecule has 0 bridgehead atoms. The van der Waals surface area contributed by atoms with E-state index in [1.165, 1.54) is 9.75 Å². The second kappa shape index (κ2) is 5.87. The average molecular weight is 395 g/mol. The zero-order chi connectivity index (χ0) is 12.4. The van der Waals surface area contributed by atoms with Gasteiger partial charge in [0.25, 0.3) is 0 Å². The summed E-state index contributed by atoms with van der Waals surface area (Å²) in [6.07, 6.45) is 1.07. The third kappa shape index (κ3) is 3.14. The van der Waals surface area contributed by atoms with E-state index in [4.69, 9.17) is 11.6 Å². The molecular weight excluding hydrogens is 383 g/mol. The van der Waals surface area contributed by atoms with Crippen LogP contribution in [0.25, 0.3) is 0 Å². The molecule has 1 unspecified atom stereocenters. The molecule has 17 heavy (non-hydrogen) atoms. The Balaban J connectivity index is 2.33. The van der Waals surface area contributed by atoms with Crippen LogP contribution in [0, 0.1) is 0 Å². The predicted molar refractivity (Wildman–Crippen MR) is 83.2 cm³/mol. The van der Waals surface area contributed by atoms with Crippen molar-refractivity contribution in [2.75, 3.05) is 0 Å². The summed E-state index contributed by atoms with van der Waals surface area (Å²) in [5, 5.41) is -0.0808. The van der Waals surface area contributed by atoms with Crippen molar-refractivity contribution in [2.45, 2.75) is 18.7 Å². The first-order valence-electron chi connectivity index (χ1n) is 5.29. The lowest BCUT2D eigenvalue weighted by Crippen LogP contribution is -1.91. The van der Waals surface area contributed by atoms with Gasteiger partial charge in [0.1, 0.15) is 0 Å². The van der Waals surface area contributed by atoms with Gasteiger partial charge in [-0.1, -0.05) is 44.8 Å². The van der Waals surface area contributed by atoms with Crippen LogP contribution in [0.4, 0.5) is 0 Å². The van der Waals surface area contributed by atoms with E-state index in [1.54, 1.807) is 11.3 Å². The van der Waals surface area contributed by atoms with E-state index in [9.17, 15) is 0 Å². The lowest BCUT2D eigenvalue weighted by molar-refractivity contribution is 1.17. The Hall–Kier alpha value is 0.170. The van der Waals surface area contributed by atoms with E-state index in [-0.39, 0.29) is 5.38 Å². The van der Waals surface area contributed by atoms with Gasteiger partial charge in [-0.3, -0.25) is 0 Å². The molecule has 0 aliphatic carbocycles. The fourth-order valence-electron chi connectivity index (χ4n) is 1.58. The summed E-state index contributed by atoms with van der Waals surface area (Å²) in [4.78, 5) is 2.57. The summed E-state index contributed by atoms with van der Waals surface area (Å²) >= 11 is 15.3. The molecule has 0 amide bonds. The molecule has 1 aromatic heterocycles. The molecule has 0 N–H and O–H groups in total. The molecule has 2 aromatic rings. The largest absolute Gasteiger partial charge is 0.143 e. The van der Waals surface area contributed by atoms with Crippen LogP contribution in [0.1, 0.15) is 27.6 Å². The molecule has 1 heterocycles. The molecule has 0 aliphatic rings. The van der Waals surface area contributed by atoms with E-state index in [1.807, 2.05) is 12.1 Å². The number of thiophene rings is 1. The molecule has 0 fully saturated rings. The molecule has 0 spiro atoms. The van der Waals surface area contributed by atoms with Crippen LogP contribution in [0.5, 0.6) is 0 Å². The lowest BCUT2D eigenvalue weighted by Gasteiger charge is -2.10. The number of halogens is 3. The lowest BCUT2D eigenvalue weighted by atomic mass is 10.1. The topological polar surface area (TPSA) is 0 Å². The Bertz CT molecular complexity index is 522. The third-order valence-electron chi connectivity index (χ3n) is 2.52. The van der Waals surface area contributed by atoms with Crippen LogP contribution in [0.3, 0.4) is 0 Å². The van der Waals surface area contributed by atoms with Gasteiger partial charge in [0, 0.05) is 18.7 Å². The van der Waals surface area contributed by atoms with Gasteiger partial charge in [-0.15, -0.1) is 22.9 Å². The maximum atomic E-state index is 6.52. The Kier molecular flexibility index (Phi) is 4.70. The van der Waals surface area contributed by atoms with Crippen molar-refractivity contribution < 1.29 is 0 Å². The molecule has 0 saturated carbocycles. The van der Waals surface area contributed by atoms with Gasteiger partial charge < -0.3 is 0 Å². The predicted octanol–water partition coefficient (Wildman–Crippen LogP) is 6.16. The fraction of sp³-hybridized carbons (Fsp3) is 0.231. The second-order valence-electron chi connectivity index (χ2n) is 3.69. The molecule has 0 nitrogen and oxygen atoms in total. The summed E-state index contributed by atoms with van der Waals surface area (Å²) in [7, 11) is 0. The number of benzene rings is 1. The molecule has 0 saturated heterocycles. The minimum atomic E-state index is -0.0808. The second-order valence-corrected chi connectivity index (χ2v) is 7.09. The molecule has 1 atom stereocenters. The molecule has 0 radical (unpaired) electrons. The maximum Gasteiger partial charge on any atom is 0.0938 e. The molecule has 2 rings (SSSR count). The monoisotopic (exact) mass is 392 g/mol. The van der Waals surface area contributed by atoms with Crippen LogP contribution in [0.15, 0.2) is 39.3 Å². The highest BCUT2D eigenvalue weighted by Gasteiger charge is 2.15. The Morgan fingerprint density at radius 3 is 2.59 bits per heavy atom. The van der Waals surface area contributed by atoms with E-state index in [2.05, 4.69) is 57.0 Å². The fourth-order valence-corrected chi connectivity index (χ4v) is 4.34. The summed E-state index contributed by atoms with van der Waals surface area (Å²) in [5.74, 6) is 0. The van der Waals surface area contributed by atoms with Crippen molar-refractivity contribution in [3.05, 3.63) is 54.6 Å². The number of alkyl halides is 1. The first-order chi connectivity index (χ1) is 8.11. The molecule has 0 aliphatic heterocycles. The Morgan fingerprint density at radius 1 is 1.24 bits per heavy atom. The number of hydrogen-bond acceptors (Lipinski definition) is 1. The van der Waals surface area contributed by atoms with Crippen LogP contribution in [-0.2, 0) is 6.42 Å². The summed E-state index contributed by atoms with van der Waals surface area (Å²) in [6.45, 7) is 2.16. The van der Waals surface area contributed by atoms with Crippen LogP contribution < -0.4 is 0 Å². The van der Waals surface area contributed by atoms with Crippen LogP contribution in [0.2, 0.25) is 0 Å². The number of rotatable bonds is 3. The first kappa shape index (κ1) is 13.6. The quantitative estimate of drug-likeness (QED) is 0.547. The van der Waals surface area contributed by atoms with E-state index >= 15 is 0 Å². The van der Waals surface area contributed by atoms with Crippen molar-refractivity contribution in [1.82, 2.24) is 0 Å². The highest BCUT2D eigenvalue weighted by Crippen LogP contribution is 2.38. The van der Waals surface area contributed by atoms with Crippen molar-refractivity contribution >= 4 is 54.8 Å². The van der Waals surface area contributed by atoms with Crippen LogP contribution in [-0.4, -0.2) is 0 Å². The van der Waals surface area contributed by atoms with Crippen molar-refractivity contribution in [3.63, 3.8) is 0 Å². The normalized spacial score (nSPS) is 12.7. The van der Waals surface area contributed by atoms with Gasteiger partial charge in [0.05, 0.1) is 5.38 Å². The number of aryl methyl sites for hydroxylation is 1. The third-order valence-corrected chi connectivity index (χ3v) is 5.59. The van der Waals surface area contributed by atoms with Gasteiger partial charge in [0.2, 0.25) is 0 Å². The zero-order valence-corrected chi connectivity index (χ0v) is 14.0. The maximum absolute atomic E-state index is 6.52. The Morgan fingerprint density at radius 2 is 2.00 bits per heavy atom. The minimum Gasteiger partial charge on any atom is -0.143 e. The van der Waals surface area contributed by atoms with Gasteiger partial charge in [-0.2, -0.15) is 0 Å². The summed E-state index contributed by atoms with van der Waals surface area (Å²) in [5.41, 5.74) is 1.11. The van der Waals surface area contributed by atoms with Gasteiger partial charge in [0.15, 0.2) is 0 Å². The van der Waals surface area contributed by atoms with Gasteiger partial charge in [-0.25, -0.2) is 0 Å². The molecule has 4 heteroatoms. The first-order valence-corrected chi connectivity index (χ1v) is 8.13. The highest BCUT2D eigenvalue weighted by molar-refractivity contribution is 9.11. The smallest absolute Gasteiger partial charge is 0.0938 e. The SMILES string of the molecule is CCc1ccc(C(Cl)c2ccc(Br)cc2Br)s1. The molecular formula is C13H11Br2ClS. The van der Waals surface area contributed by atoms with Gasteiger partial charge in [-0.05, 0) is 36.2 Å². The van der Waals surface area contributed by atoms with Crippen molar-refractivity contribution in [2.24, 2.45) is 0 Å². The van der Waals surface area contributed by atoms with E-state index in [0.29, 0.717) is 0 Å².